The van der Waals surface area contributed by atoms with Crippen LogP contribution in [0.15, 0.2) is 47.6 Å². The van der Waals surface area contributed by atoms with E-state index in [1.165, 1.54) is 24.3 Å². The summed E-state index contributed by atoms with van der Waals surface area (Å²) in [6.07, 6.45) is 4.70. The van der Waals surface area contributed by atoms with Gasteiger partial charge >= 0.3 is 0 Å². The molecule has 2 aromatic rings. The lowest BCUT2D eigenvalue weighted by Gasteiger charge is -2.18. The topological polar surface area (TPSA) is 89.2 Å². The Morgan fingerprint density at radius 3 is 2.68 bits per heavy atom. The third-order valence-corrected chi connectivity index (χ3v) is 5.61. The van der Waals surface area contributed by atoms with Crippen LogP contribution >= 0.6 is 0 Å². The number of hydrogen-bond donors (Lipinski definition) is 2. The molecule has 0 bridgehead atoms. The molecule has 7 heteroatoms. The van der Waals surface area contributed by atoms with Crippen LogP contribution in [-0.2, 0) is 16.2 Å². The molecular weight excluding hydrogens is 428 g/mol. The van der Waals surface area contributed by atoms with E-state index < -0.39 is 0 Å². The number of nitrogens with one attached hydrogen (secondary N) is 1. The molecule has 1 atom stereocenters. The summed E-state index contributed by atoms with van der Waals surface area (Å²) >= 11 is 0. The van der Waals surface area contributed by atoms with Gasteiger partial charge in [-0.2, -0.15) is 0 Å². The molecule has 0 aliphatic carbocycles. The largest absolute Gasteiger partial charge is 0.494 e. The van der Waals surface area contributed by atoms with Crippen molar-refractivity contribution in [2.75, 3.05) is 25.5 Å². The first-order valence-electron chi connectivity index (χ1n) is 12.1. The lowest BCUT2D eigenvalue weighted by Crippen LogP contribution is -2.36. The number of amides is 1. The van der Waals surface area contributed by atoms with E-state index in [0.29, 0.717) is 6.54 Å². The van der Waals surface area contributed by atoms with Crippen LogP contribution in [0.25, 0.3) is 0 Å². The van der Waals surface area contributed by atoms with Crippen molar-refractivity contribution in [3.8, 4) is 5.75 Å². The number of hydrogen-bond acceptors (Lipinski definition) is 6. The van der Waals surface area contributed by atoms with Gasteiger partial charge in [0.25, 0.3) is 0 Å². The zero-order chi connectivity index (χ0) is 24.9. The van der Waals surface area contributed by atoms with Crippen LogP contribution in [0.1, 0.15) is 63.1 Å². The van der Waals surface area contributed by atoms with Crippen LogP contribution in [0, 0.1) is 12.8 Å². The molecule has 0 spiro atoms. The Kier molecular flexibility index (Phi) is 11.6. The second-order valence-electron chi connectivity index (χ2n) is 8.82. The highest BCUT2D eigenvalue weighted by Gasteiger charge is 2.16. The summed E-state index contributed by atoms with van der Waals surface area (Å²) in [6.45, 7) is 9.38. The number of rotatable bonds is 14. The van der Waals surface area contributed by atoms with E-state index in [-0.39, 0.29) is 18.4 Å². The Balaban J connectivity index is 1.99. The first-order valence-corrected chi connectivity index (χ1v) is 12.1. The van der Waals surface area contributed by atoms with Crippen molar-refractivity contribution in [1.82, 2.24) is 5.01 Å². The second kappa shape index (κ2) is 14.4. The monoisotopic (exact) mass is 468 g/mol. The normalized spacial score (nSPS) is 12.5. The molecule has 34 heavy (non-hydrogen) atoms. The highest BCUT2D eigenvalue weighted by Crippen LogP contribution is 2.22. The lowest BCUT2D eigenvalue weighted by molar-refractivity contribution is -0.119. The number of hydrazine groups is 1. The van der Waals surface area contributed by atoms with Crippen molar-refractivity contribution < 1.29 is 14.4 Å². The summed E-state index contributed by atoms with van der Waals surface area (Å²) in [5.74, 6) is 6.19. The summed E-state index contributed by atoms with van der Waals surface area (Å²) in [6, 6.07) is 13.7. The predicted molar refractivity (Wildman–Crippen MR) is 139 cm³/mol. The third kappa shape index (κ3) is 9.15. The maximum atomic E-state index is 12.6. The van der Waals surface area contributed by atoms with Gasteiger partial charge in [0, 0.05) is 36.3 Å². The van der Waals surface area contributed by atoms with Crippen LogP contribution in [-0.4, -0.2) is 36.8 Å². The molecule has 3 N–H and O–H groups in total. The Labute approximate surface area is 204 Å². The van der Waals surface area contributed by atoms with Crippen molar-refractivity contribution in [3.05, 3.63) is 59.2 Å². The minimum Gasteiger partial charge on any atom is -0.494 e. The van der Waals surface area contributed by atoms with Crippen molar-refractivity contribution in [1.29, 1.82) is 0 Å². The molecule has 0 aliphatic heterocycles. The summed E-state index contributed by atoms with van der Waals surface area (Å²) in [4.78, 5) is 18.3. The van der Waals surface area contributed by atoms with Gasteiger partial charge in [0.1, 0.15) is 12.4 Å². The number of carbonyl (C=O) groups excluding carboxylic acids is 1. The van der Waals surface area contributed by atoms with E-state index in [4.69, 9.17) is 15.4 Å². The number of oxime groups is 1. The Hall–Kier alpha value is -2.90. The zero-order valence-electron chi connectivity index (χ0n) is 21.3. The van der Waals surface area contributed by atoms with Gasteiger partial charge in [0.05, 0.1) is 12.3 Å². The first kappa shape index (κ1) is 27.3. The number of nitrogens with two attached hydrogens (primary N) is 1. The maximum Gasteiger partial charge on any atom is 0.228 e. The average molecular weight is 469 g/mol. The number of anilines is 1. The van der Waals surface area contributed by atoms with E-state index in [2.05, 4.69) is 17.4 Å². The highest BCUT2D eigenvalue weighted by atomic mass is 16.6. The fraction of sp³-hybridized carbons (Fsp3) is 0.481. The first-order chi connectivity index (χ1) is 16.3. The molecule has 1 unspecified atom stereocenters. The van der Waals surface area contributed by atoms with Crippen LogP contribution in [0.3, 0.4) is 0 Å². The Morgan fingerprint density at radius 1 is 1.18 bits per heavy atom. The van der Waals surface area contributed by atoms with Gasteiger partial charge in [-0.3, -0.25) is 10.6 Å². The van der Waals surface area contributed by atoms with Gasteiger partial charge in [0.15, 0.2) is 0 Å². The molecule has 0 saturated heterocycles. The molecule has 7 nitrogen and oxygen atoms in total. The Bertz CT molecular complexity index is 943. The van der Waals surface area contributed by atoms with Gasteiger partial charge in [-0.1, -0.05) is 62.5 Å². The quantitative estimate of drug-likeness (QED) is 0.171. The van der Waals surface area contributed by atoms with Crippen molar-refractivity contribution >= 4 is 17.3 Å². The van der Waals surface area contributed by atoms with E-state index in [1.54, 1.807) is 7.05 Å². The smallest absolute Gasteiger partial charge is 0.228 e. The number of nitrogens with zero attached hydrogens (tertiary/aromatic N) is 2. The standard InChI is InChI=1S/C27H40N4O3/c1-6-7-8-9-16-33-24-14-11-13-23(17-24)22(4)30-34-19-25-20(2)12-10-15-26(25)29-27(32)21(3)18-31(5)28/h10-15,17,21H,6-9,16,18-19,28H2,1-5H3,(H,29,32)/b30-22-. The number of unbranched alkanes of at least 4 members (excludes halogenated alkanes) is 3. The minimum absolute atomic E-state index is 0.0876. The molecule has 1 amide bonds. The number of benzene rings is 2. The molecule has 0 saturated carbocycles. The molecule has 2 aromatic carbocycles. The molecule has 186 valence electrons. The van der Waals surface area contributed by atoms with E-state index in [9.17, 15) is 4.79 Å². The fourth-order valence-electron chi connectivity index (χ4n) is 3.56. The van der Waals surface area contributed by atoms with Crippen LogP contribution in [0.5, 0.6) is 5.75 Å². The van der Waals surface area contributed by atoms with E-state index in [0.717, 1.165) is 46.9 Å². The molecule has 0 radical (unpaired) electrons. The van der Waals surface area contributed by atoms with Gasteiger partial charge in [-0.15, -0.1) is 0 Å². The van der Waals surface area contributed by atoms with Crippen LogP contribution in [0.2, 0.25) is 0 Å². The molecular formula is C27H40N4O3. The molecule has 0 fully saturated rings. The predicted octanol–water partition coefficient (Wildman–Crippen LogP) is 5.28. The highest BCUT2D eigenvalue weighted by molar-refractivity contribution is 5.98. The SMILES string of the molecule is CCCCCCOc1cccc(/C(C)=N\OCc2c(C)cccc2NC(=O)C(C)CN(C)N)c1. The lowest BCUT2D eigenvalue weighted by atomic mass is 10.1. The summed E-state index contributed by atoms with van der Waals surface area (Å²) in [5.41, 5.74) is 4.35. The van der Waals surface area contributed by atoms with Crippen LogP contribution < -0.4 is 15.9 Å². The molecule has 0 aromatic heterocycles. The maximum absolute atomic E-state index is 12.6. The van der Waals surface area contributed by atoms with Crippen molar-refractivity contribution in [2.45, 2.75) is 60.0 Å². The van der Waals surface area contributed by atoms with Gasteiger partial charge in [-0.05, 0) is 44.0 Å². The average Bonchev–Trinajstić information content (AvgIpc) is 2.80. The summed E-state index contributed by atoms with van der Waals surface area (Å²) < 4.78 is 5.88. The second-order valence-corrected chi connectivity index (χ2v) is 8.82. The Morgan fingerprint density at radius 2 is 1.94 bits per heavy atom. The number of carbonyl (C=O) groups is 1. The minimum atomic E-state index is -0.245. The van der Waals surface area contributed by atoms with Crippen molar-refractivity contribution in [3.63, 3.8) is 0 Å². The summed E-state index contributed by atoms with van der Waals surface area (Å²) in [5, 5.41) is 8.82. The zero-order valence-corrected chi connectivity index (χ0v) is 21.3. The summed E-state index contributed by atoms with van der Waals surface area (Å²) in [7, 11) is 1.74. The number of aryl methyl sites for hydroxylation is 1. The van der Waals surface area contributed by atoms with Gasteiger partial charge in [0.2, 0.25) is 5.91 Å². The van der Waals surface area contributed by atoms with Crippen LogP contribution in [0.4, 0.5) is 5.69 Å². The fourth-order valence-corrected chi connectivity index (χ4v) is 3.56. The molecule has 0 aliphatic rings. The number of ether oxygens (including phenoxy) is 1. The van der Waals surface area contributed by atoms with Gasteiger partial charge < -0.3 is 14.9 Å². The van der Waals surface area contributed by atoms with Crippen molar-refractivity contribution in [2.24, 2.45) is 16.9 Å². The van der Waals surface area contributed by atoms with E-state index in [1.807, 2.05) is 63.2 Å². The van der Waals surface area contributed by atoms with E-state index >= 15 is 0 Å². The van der Waals surface area contributed by atoms with Gasteiger partial charge in [-0.25, -0.2) is 5.01 Å². The molecule has 0 heterocycles. The molecule has 2 rings (SSSR count). The third-order valence-electron chi connectivity index (χ3n) is 5.61.